The fraction of sp³-hybridized carbons (Fsp3) is 0.143. The number of hydrogen-bond acceptors (Lipinski definition) is 5. The number of benzene rings is 2. The molecule has 37 heavy (non-hydrogen) atoms. The monoisotopic (exact) mass is 512 g/mol. The molecule has 4 aromatic rings. The zero-order valence-corrected chi connectivity index (χ0v) is 20.7. The van der Waals surface area contributed by atoms with E-state index in [0.717, 1.165) is 16.8 Å². The van der Waals surface area contributed by atoms with Crippen LogP contribution < -0.4 is 10.6 Å². The van der Waals surface area contributed by atoms with Gasteiger partial charge in [-0.05, 0) is 73.2 Å². The van der Waals surface area contributed by atoms with Gasteiger partial charge in [-0.3, -0.25) is 9.78 Å². The lowest BCUT2D eigenvalue weighted by Gasteiger charge is -2.25. The molecule has 9 heteroatoms. The molecule has 1 amide bonds. The third kappa shape index (κ3) is 5.07. The maximum absolute atomic E-state index is 13.0. The molecule has 5 rings (SSSR count). The van der Waals surface area contributed by atoms with E-state index in [4.69, 9.17) is 16.6 Å². The van der Waals surface area contributed by atoms with Crippen molar-refractivity contribution in [1.82, 2.24) is 15.2 Å². The number of aromatic carboxylic acids is 1. The Hall–Kier alpha value is -4.50. The van der Waals surface area contributed by atoms with Gasteiger partial charge in [0.25, 0.3) is 0 Å². The van der Waals surface area contributed by atoms with Gasteiger partial charge < -0.3 is 25.1 Å². The van der Waals surface area contributed by atoms with Crippen LogP contribution in [0.1, 0.15) is 39.5 Å². The first kappa shape index (κ1) is 24.2. The van der Waals surface area contributed by atoms with Crippen LogP contribution in [0.5, 0.6) is 0 Å². The smallest absolute Gasteiger partial charge is 0.335 e. The van der Waals surface area contributed by atoms with Crippen molar-refractivity contribution in [3.05, 3.63) is 108 Å². The zero-order valence-electron chi connectivity index (χ0n) is 19.9. The highest BCUT2D eigenvalue weighted by Crippen LogP contribution is 2.40. The van der Waals surface area contributed by atoms with Crippen molar-refractivity contribution in [2.75, 3.05) is 11.9 Å². The standard InChI is InChI=1S/C28H24N4O4S/c1-17-15-18(27(34)35)10-11-20(17)22-12-13-23(36-22)26-25(21-9-5-6-14-29-21)31-28(37)32(26)16-24(33)30-19-7-3-2-4-8-19/h2-15,25-26H,16H2,1H3,(H,30,33)(H,31,37)(H,34,35). The Kier molecular flexibility index (Phi) is 6.70. The molecule has 3 heterocycles. The molecule has 186 valence electrons. The Balaban J connectivity index is 1.47. The van der Waals surface area contributed by atoms with Crippen LogP contribution in [0, 0.1) is 6.92 Å². The van der Waals surface area contributed by atoms with Crippen LogP contribution >= 0.6 is 12.2 Å². The molecule has 0 aliphatic carbocycles. The summed E-state index contributed by atoms with van der Waals surface area (Å²) in [7, 11) is 0. The van der Waals surface area contributed by atoms with Gasteiger partial charge in [0.15, 0.2) is 5.11 Å². The molecule has 1 saturated heterocycles. The first-order valence-electron chi connectivity index (χ1n) is 11.7. The third-order valence-corrected chi connectivity index (χ3v) is 6.58. The molecular formula is C28H24N4O4S. The lowest BCUT2D eigenvalue weighted by atomic mass is 10.0. The predicted octanol–water partition coefficient (Wildman–Crippen LogP) is 4.96. The van der Waals surface area contributed by atoms with Crippen LogP contribution in [0.15, 0.2) is 89.5 Å². The number of thiocarbonyl (C=S) groups is 1. The van der Waals surface area contributed by atoms with Crippen molar-refractivity contribution in [2.24, 2.45) is 0 Å². The molecule has 0 spiro atoms. The Morgan fingerprint density at radius 2 is 1.86 bits per heavy atom. The van der Waals surface area contributed by atoms with Gasteiger partial charge in [-0.15, -0.1) is 0 Å². The Morgan fingerprint density at radius 3 is 2.57 bits per heavy atom. The highest BCUT2D eigenvalue weighted by molar-refractivity contribution is 7.80. The number of rotatable bonds is 7. The van der Waals surface area contributed by atoms with Crippen LogP contribution in [0.4, 0.5) is 5.69 Å². The number of carboxylic acid groups (broad SMARTS) is 1. The van der Waals surface area contributed by atoms with Crippen molar-refractivity contribution in [3.63, 3.8) is 0 Å². The SMILES string of the molecule is Cc1cc(C(=O)O)ccc1-c1ccc(C2C(c3ccccn3)NC(=S)N2CC(=O)Nc2ccccc2)o1. The molecule has 3 N–H and O–H groups in total. The molecule has 1 fully saturated rings. The van der Waals surface area contributed by atoms with Crippen molar-refractivity contribution >= 4 is 34.9 Å². The van der Waals surface area contributed by atoms with Crippen LogP contribution in [0.25, 0.3) is 11.3 Å². The van der Waals surface area contributed by atoms with Gasteiger partial charge >= 0.3 is 5.97 Å². The maximum Gasteiger partial charge on any atom is 0.335 e. The quantitative estimate of drug-likeness (QED) is 0.298. The van der Waals surface area contributed by atoms with Crippen LogP contribution in [-0.4, -0.2) is 38.5 Å². The fourth-order valence-corrected chi connectivity index (χ4v) is 4.80. The minimum atomic E-state index is -0.983. The number of amides is 1. The zero-order chi connectivity index (χ0) is 25.9. The summed E-state index contributed by atoms with van der Waals surface area (Å²) in [6, 6.07) is 22.7. The molecule has 0 saturated carbocycles. The molecule has 0 bridgehead atoms. The van der Waals surface area contributed by atoms with Crippen molar-refractivity contribution in [1.29, 1.82) is 0 Å². The summed E-state index contributed by atoms with van der Waals surface area (Å²) in [5.74, 6) is -0.000190. The van der Waals surface area contributed by atoms with Crippen LogP contribution in [-0.2, 0) is 4.79 Å². The van der Waals surface area contributed by atoms with Crippen molar-refractivity contribution in [2.45, 2.75) is 19.0 Å². The van der Waals surface area contributed by atoms with Crippen molar-refractivity contribution in [3.8, 4) is 11.3 Å². The molecule has 2 unspecified atom stereocenters. The number of carbonyl (C=O) groups excluding carboxylic acids is 1. The van der Waals surface area contributed by atoms with E-state index in [-0.39, 0.29) is 24.1 Å². The van der Waals surface area contributed by atoms with Crippen LogP contribution in [0.3, 0.4) is 0 Å². The molecule has 1 aliphatic heterocycles. The van der Waals surface area contributed by atoms with E-state index in [1.54, 1.807) is 29.3 Å². The number of aryl methyl sites for hydroxylation is 1. The molecule has 0 radical (unpaired) electrons. The van der Waals surface area contributed by atoms with E-state index >= 15 is 0 Å². The molecule has 8 nitrogen and oxygen atoms in total. The average molecular weight is 513 g/mol. The highest BCUT2D eigenvalue weighted by atomic mass is 32.1. The minimum Gasteiger partial charge on any atom is -0.478 e. The summed E-state index contributed by atoms with van der Waals surface area (Å²) in [6.45, 7) is 1.85. The topological polar surface area (TPSA) is 108 Å². The first-order chi connectivity index (χ1) is 17.9. The summed E-state index contributed by atoms with van der Waals surface area (Å²) in [5.41, 5.74) is 3.24. The molecular weight excluding hydrogens is 488 g/mol. The second-order valence-electron chi connectivity index (χ2n) is 8.71. The number of aromatic nitrogens is 1. The van der Waals surface area contributed by atoms with E-state index < -0.39 is 12.0 Å². The predicted molar refractivity (Wildman–Crippen MR) is 143 cm³/mol. The van der Waals surface area contributed by atoms with E-state index in [9.17, 15) is 14.7 Å². The summed E-state index contributed by atoms with van der Waals surface area (Å²) in [6.07, 6.45) is 1.71. The molecule has 2 aromatic heterocycles. The lowest BCUT2D eigenvalue weighted by molar-refractivity contribution is -0.116. The second-order valence-corrected chi connectivity index (χ2v) is 9.09. The number of carboxylic acids is 1. The second kappa shape index (κ2) is 10.2. The molecule has 2 atom stereocenters. The fourth-order valence-electron chi connectivity index (χ4n) is 4.49. The number of pyridine rings is 1. The van der Waals surface area contributed by atoms with E-state index in [2.05, 4.69) is 15.6 Å². The van der Waals surface area contributed by atoms with Gasteiger partial charge in [-0.25, -0.2) is 4.79 Å². The number of para-hydroxylation sites is 1. The maximum atomic E-state index is 13.0. The molecule has 2 aromatic carbocycles. The number of nitrogens with zero attached hydrogens (tertiary/aromatic N) is 2. The first-order valence-corrected chi connectivity index (χ1v) is 12.1. The van der Waals surface area contributed by atoms with E-state index in [1.807, 2.05) is 67.6 Å². The number of anilines is 1. The third-order valence-electron chi connectivity index (χ3n) is 6.23. The van der Waals surface area contributed by atoms with Gasteiger partial charge in [-0.1, -0.05) is 30.3 Å². The Morgan fingerprint density at radius 1 is 1.08 bits per heavy atom. The summed E-state index contributed by atoms with van der Waals surface area (Å²) in [5, 5.41) is 15.9. The number of furan rings is 1. The van der Waals surface area contributed by atoms with Gasteiger partial charge in [0.1, 0.15) is 24.1 Å². The lowest BCUT2D eigenvalue weighted by Crippen LogP contribution is -2.36. The number of nitrogens with one attached hydrogen (secondary N) is 2. The Bertz CT molecular complexity index is 1460. The minimum absolute atomic E-state index is 0.0110. The summed E-state index contributed by atoms with van der Waals surface area (Å²) in [4.78, 5) is 30.6. The highest BCUT2D eigenvalue weighted by Gasteiger charge is 2.42. The number of hydrogen-bond donors (Lipinski definition) is 3. The van der Waals surface area contributed by atoms with Gasteiger partial charge in [0.05, 0.1) is 17.3 Å². The molecule has 1 aliphatic rings. The van der Waals surface area contributed by atoms with Crippen molar-refractivity contribution < 1.29 is 19.1 Å². The van der Waals surface area contributed by atoms with E-state index in [0.29, 0.717) is 22.3 Å². The van der Waals surface area contributed by atoms with Gasteiger partial charge in [0.2, 0.25) is 5.91 Å². The van der Waals surface area contributed by atoms with E-state index in [1.165, 1.54) is 0 Å². The summed E-state index contributed by atoms with van der Waals surface area (Å²) < 4.78 is 6.32. The van der Waals surface area contributed by atoms with Crippen LogP contribution in [0.2, 0.25) is 0 Å². The number of carbonyl (C=O) groups is 2. The summed E-state index contributed by atoms with van der Waals surface area (Å²) >= 11 is 5.65. The Labute approximate surface area is 219 Å². The normalized spacial score (nSPS) is 16.9. The largest absolute Gasteiger partial charge is 0.478 e. The van der Waals surface area contributed by atoms with Gasteiger partial charge in [0, 0.05) is 17.4 Å². The van der Waals surface area contributed by atoms with Gasteiger partial charge in [-0.2, -0.15) is 0 Å². The average Bonchev–Trinajstić information content (AvgIpc) is 3.49.